The molecule has 2 aromatic heterocycles. The monoisotopic (exact) mass is 246 g/mol. The van der Waals surface area contributed by atoms with Crippen molar-refractivity contribution in [1.29, 1.82) is 0 Å². The maximum atomic E-state index is 12.0. The Balaban J connectivity index is 1.72. The number of hydrogen-bond donors (Lipinski definition) is 2. The lowest BCUT2D eigenvalue weighted by molar-refractivity contribution is -0.129. The van der Waals surface area contributed by atoms with E-state index in [0.29, 0.717) is 17.9 Å². The highest BCUT2D eigenvalue weighted by molar-refractivity contribution is 5.95. The first-order valence-electron chi connectivity index (χ1n) is 6.04. The third-order valence-corrected chi connectivity index (χ3v) is 3.03. The van der Waals surface area contributed by atoms with Gasteiger partial charge in [0.15, 0.2) is 5.65 Å². The highest BCUT2D eigenvalue weighted by Crippen LogP contribution is 2.17. The fourth-order valence-corrected chi connectivity index (χ4v) is 2.08. The maximum absolute atomic E-state index is 12.0. The zero-order valence-electron chi connectivity index (χ0n) is 9.85. The normalized spacial score (nSPS) is 19.9. The number of nitrogens with one attached hydrogen (secondary N) is 2. The molecule has 3 heterocycles. The molecule has 1 aliphatic heterocycles. The number of rotatable bonds is 2. The number of anilines is 1. The van der Waals surface area contributed by atoms with E-state index in [9.17, 15) is 4.79 Å². The van der Waals surface area contributed by atoms with Crippen molar-refractivity contribution < 1.29 is 9.53 Å². The van der Waals surface area contributed by atoms with Gasteiger partial charge in [-0.15, -0.1) is 0 Å². The van der Waals surface area contributed by atoms with Crippen LogP contribution in [0.25, 0.3) is 11.0 Å². The van der Waals surface area contributed by atoms with E-state index in [1.165, 1.54) is 0 Å². The van der Waals surface area contributed by atoms with Gasteiger partial charge in [-0.05, 0) is 25.3 Å². The molecule has 1 fully saturated rings. The van der Waals surface area contributed by atoms with Crippen molar-refractivity contribution in [3.8, 4) is 0 Å². The molecule has 1 atom stereocenters. The second-order valence-electron chi connectivity index (χ2n) is 4.38. The summed E-state index contributed by atoms with van der Waals surface area (Å²) in [6.45, 7) is 0.664. The Morgan fingerprint density at radius 1 is 1.44 bits per heavy atom. The van der Waals surface area contributed by atoms with Crippen LogP contribution in [0, 0.1) is 0 Å². The standard InChI is InChI=1S/C12H14N4O2/c17-12(10-3-1-2-4-18-10)15-9-5-8-6-14-16-11(8)13-7-9/h5-7,10H,1-4H2,(H,15,17)(H,13,14,16). The first kappa shape index (κ1) is 11.2. The highest BCUT2D eigenvalue weighted by atomic mass is 16.5. The summed E-state index contributed by atoms with van der Waals surface area (Å²) >= 11 is 0. The van der Waals surface area contributed by atoms with Gasteiger partial charge in [0.25, 0.3) is 5.91 Å². The van der Waals surface area contributed by atoms with E-state index in [2.05, 4.69) is 20.5 Å². The summed E-state index contributed by atoms with van der Waals surface area (Å²) in [6.07, 6.45) is 5.81. The lowest BCUT2D eigenvalue weighted by Crippen LogP contribution is -2.33. The Morgan fingerprint density at radius 3 is 3.22 bits per heavy atom. The molecule has 1 aliphatic rings. The molecule has 0 aromatic carbocycles. The number of aromatic nitrogens is 3. The molecule has 2 aromatic rings. The number of aromatic amines is 1. The van der Waals surface area contributed by atoms with E-state index in [0.717, 1.165) is 24.6 Å². The number of ether oxygens (including phenoxy) is 1. The van der Waals surface area contributed by atoms with Gasteiger partial charge in [-0.3, -0.25) is 9.89 Å². The van der Waals surface area contributed by atoms with Crippen LogP contribution in [0.1, 0.15) is 19.3 Å². The quantitative estimate of drug-likeness (QED) is 0.840. The smallest absolute Gasteiger partial charge is 0.253 e. The van der Waals surface area contributed by atoms with Crippen LogP contribution in [0.3, 0.4) is 0 Å². The van der Waals surface area contributed by atoms with Gasteiger partial charge in [-0.25, -0.2) is 4.98 Å². The molecular formula is C12H14N4O2. The molecule has 0 aliphatic carbocycles. The molecule has 0 saturated carbocycles. The highest BCUT2D eigenvalue weighted by Gasteiger charge is 2.21. The molecule has 6 heteroatoms. The van der Waals surface area contributed by atoms with Gasteiger partial charge in [0.2, 0.25) is 0 Å². The molecule has 6 nitrogen and oxygen atoms in total. The molecule has 0 spiro atoms. The van der Waals surface area contributed by atoms with E-state index < -0.39 is 0 Å². The van der Waals surface area contributed by atoms with Gasteiger partial charge >= 0.3 is 0 Å². The molecule has 1 unspecified atom stereocenters. The number of hydrogen-bond acceptors (Lipinski definition) is 4. The molecule has 0 radical (unpaired) electrons. The Hall–Kier alpha value is -1.95. The molecule has 2 N–H and O–H groups in total. The van der Waals surface area contributed by atoms with Gasteiger partial charge in [0, 0.05) is 12.0 Å². The average molecular weight is 246 g/mol. The minimum Gasteiger partial charge on any atom is -0.368 e. The van der Waals surface area contributed by atoms with Gasteiger partial charge in [-0.1, -0.05) is 0 Å². The van der Waals surface area contributed by atoms with Crippen molar-refractivity contribution in [2.45, 2.75) is 25.4 Å². The van der Waals surface area contributed by atoms with Crippen molar-refractivity contribution in [3.05, 3.63) is 18.5 Å². The van der Waals surface area contributed by atoms with Crippen molar-refractivity contribution in [1.82, 2.24) is 15.2 Å². The molecule has 1 amide bonds. The number of fused-ring (bicyclic) bond motifs is 1. The zero-order chi connectivity index (χ0) is 12.4. The summed E-state index contributed by atoms with van der Waals surface area (Å²) < 4.78 is 5.43. The molecular weight excluding hydrogens is 232 g/mol. The SMILES string of the molecule is O=C(Nc1cnc2[nH]ncc2c1)C1CCCCO1. The van der Waals surface area contributed by atoms with Crippen LogP contribution in [0.15, 0.2) is 18.5 Å². The fraction of sp³-hybridized carbons (Fsp3) is 0.417. The van der Waals surface area contributed by atoms with Crippen molar-refractivity contribution in [2.24, 2.45) is 0 Å². The number of pyridine rings is 1. The first-order chi connectivity index (χ1) is 8.83. The van der Waals surface area contributed by atoms with Crippen molar-refractivity contribution in [2.75, 3.05) is 11.9 Å². The summed E-state index contributed by atoms with van der Waals surface area (Å²) in [5.41, 5.74) is 1.38. The molecule has 3 rings (SSSR count). The number of carbonyl (C=O) groups excluding carboxylic acids is 1. The van der Waals surface area contributed by atoms with Crippen LogP contribution in [0.5, 0.6) is 0 Å². The third kappa shape index (κ3) is 2.19. The molecule has 0 bridgehead atoms. The lowest BCUT2D eigenvalue weighted by Gasteiger charge is -2.21. The van der Waals surface area contributed by atoms with E-state index in [1.54, 1.807) is 12.4 Å². The van der Waals surface area contributed by atoms with E-state index in [4.69, 9.17) is 4.74 Å². The van der Waals surface area contributed by atoms with Crippen LogP contribution in [0.2, 0.25) is 0 Å². The zero-order valence-corrected chi connectivity index (χ0v) is 9.85. The van der Waals surface area contributed by atoms with Gasteiger partial charge < -0.3 is 10.1 Å². The van der Waals surface area contributed by atoms with Crippen LogP contribution < -0.4 is 5.32 Å². The summed E-state index contributed by atoms with van der Waals surface area (Å²) in [6, 6.07) is 1.84. The second-order valence-corrected chi connectivity index (χ2v) is 4.38. The van der Waals surface area contributed by atoms with Crippen LogP contribution in [-0.2, 0) is 9.53 Å². The van der Waals surface area contributed by atoms with E-state index in [-0.39, 0.29) is 12.0 Å². The summed E-state index contributed by atoms with van der Waals surface area (Å²) in [5.74, 6) is -0.0978. The maximum Gasteiger partial charge on any atom is 0.253 e. The summed E-state index contributed by atoms with van der Waals surface area (Å²) in [7, 11) is 0. The molecule has 94 valence electrons. The van der Waals surface area contributed by atoms with Crippen LogP contribution in [0.4, 0.5) is 5.69 Å². The Bertz CT molecular complexity index is 560. The average Bonchev–Trinajstić information content (AvgIpc) is 2.87. The van der Waals surface area contributed by atoms with Gasteiger partial charge in [-0.2, -0.15) is 5.10 Å². The fourth-order valence-electron chi connectivity index (χ4n) is 2.08. The lowest BCUT2D eigenvalue weighted by atomic mass is 10.1. The van der Waals surface area contributed by atoms with Crippen LogP contribution in [-0.4, -0.2) is 33.8 Å². The van der Waals surface area contributed by atoms with E-state index >= 15 is 0 Å². The second kappa shape index (κ2) is 4.73. The topological polar surface area (TPSA) is 79.9 Å². The minimum absolute atomic E-state index is 0.0978. The predicted molar refractivity (Wildman–Crippen MR) is 66.1 cm³/mol. The Labute approximate surface area is 104 Å². The van der Waals surface area contributed by atoms with E-state index in [1.807, 2.05) is 6.07 Å². The Morgan fingerprint density at radius 2 is 2.39 bits per heavy atom. The van der Waals surface area contributed by atoms with Crippen molar-refractivity contribution in [3.63, 3.8) is 0 Å². The number of nitrogens with zero attached hydrogens (tertiary/aromatic N) is 2. The largest absolute Gasteiger partial charge is 0.368 e. The molecule has 1 saturated heterocycles. The summed E-state index contributed by atoms with van der Waals surface area (Å²) in [5, 5.41) is 10.3. The van der Waals surface area contributed by atoms with Crippen molar-refractivity contribution >= 4 is 22.6 Å². The van der Waals surface area contributed by atoms with Gasteiger partial charge in [0.05, 0.1) is 18.1 Å². The predicted octanol–water partition coefficient (Wildman–Crippen LogP) is 1.47. The number of carbonyl (C=O) groups is 1. The first-order valence-corrected chi connectivity index (χ1v) is 6.04. The Kier molecular flexibility index (Phi) is 2.93. The molecule has 18 heavy (non-hydrogen) atoms. The minimum atomic E-state index is -0.334. The van der Waals surface area contributed by atoms with Crippen LogP contribution >= 0.6 is 0 Å². The third-order valence-electron chi connectivity index (χ3n) is 3.03. The van der Waals surface area contributed by atoms with Gasteiger partial charge in [0.1, 0.15) is 6.10 Å². The number of amides is 1. The number of H-pyrrole nitrogens is 1. The summed E-state index contributed by atoms with van der Waals surface area (Å²) in [4.78, 5) is 16.1.